The molecular formula is C19H22N2O4. The Bertz CT molecular complexity index is 755. The van der Waals surface area contributed by atoms with E-state index in [1.807, 2.05) is 13.0 Å². The first kappa shape index (κ1) is 17.1. The van der Waals surface area contributed by atoms with Crippen LogP contribution in [0.4, 0.5) is 0 Å². The summed E-state index contributed by atoms with van der Waals surface area (Å²) in [5, 5.41) is 2.84. The van der Waals surface area contributed by atoms with Gasteiger partial charge in [0.05, 0.1) is 19.9 Å². The van der Waals surface area contributed by atoms with Crippen LogP contribution >= 0.6 is 0 Å². The fourth-order valence-corrected chi connectivity index (χ4v) is 3.11. The lowest BCUT2D eigenvalue weighted by molar-refractivity contribution is -0.125. The van der Waals surface area contributed by atoms with Crippen LogP contribution in [-0.2, 0) is 11.3 Å². The van der Waals surface area contributed by atoms with Crippen LogP contribution in [0.3, 0.4) is 0 Å². The molecule has 0 spiro atoms. The minimum absolute atomic E-state index is 0.144. The maximum Gasteiger partial charge on any atom is 0.254 e. The molecule has 1 aromatic carbocycles. The van der Waals surface area contributed by atoms with Crippen molar-refractivity contribution in [1.82, 2.24) is 10.2 Å². The predicted molar refractivity (Wildman–Crippen MR) is 92.3 cm³/mol. The summed E-state index contributed by atoms with van der Waals surface area (Å²) in [6.07, 6.45) is 3.05. The van der Waals surface area contributed by atoms with Crippen molar-refractivity contribution >= 4 is 11.8 Å². The van der Waals surface area contributed by atoms with Gasteiger partial charge < -0.3 is 19.4 Å². The van der Waals surface area contributed by atoms with E-state index in [2.05, 4.69) is 5.32 Å². The SMILES string of the molecule is COc1cc(C(=O)N2CCC[C@@H]2C(=O)NCc2ccco2)ccc1C. The van der Waals surface area contributed by atoms with Crippen LogP contribution in [0.5, 0.6) is 5.75 Å². The molecule has 1 atom stereocenters. The van der Waals surface area contributed by atoms with E-state index in [0.29, 0.717) is 36.6 Å². The average Bonchev–Trinajstić information content (AvgIpc) is 3.31. The van der Waals surface area contributed by atoms with Crippen molar-refractivity contribution in [1.29, 1.82) is 0 Å². The molecule has 2 heterocycles. The van der Waals surface area contributed by atoms with E-state index in [9.17, 15) is 9.59 Å². The first-order valence-corrected chi connectivity index (χ1v) is 8.36. The molecule has 2 amide bonds. The molecule has 1 aliphatic rings. The molecule has 1 aliphatic heterocycles. The van der Waals surface area contributed by atoms with E-state index in [0.717, 1.165) is 12.0 Å². The highest BCUT2D eigenvalue weighted by Gasteiger charge is 2.34. The van der Waals surface area contributed by atoms with Gasteiger partial charge in [0, 0.05) is 12.1 Å². The Kier molecular flexibility index (Phi) is 5.07. The number of amides is 2. The van der Waals surface area contributed by atoms with Gasteiger partial charge in [-0.25, -0.2) is 0 Å². The smallest absolute Gasteiger partial charge is 0.254 e. The second-order valence-electron chi connectivity index (χ2n) is 6.14. The summed E-state index contributed by atoms with van der Waals surface area (Å²) in [5.41, 5.74) is 1.50. The van der Waals surface area contributed by atoms with Gasteiger partial charge in [-0.15, -0.1) is 0 Å². The number of carbonyl (C=O) groups excluding carboxylic acids is 2. The summed E-state index contributed by atoms with van der Waals surface area (Å²) in [6.45, 7) is 2.82. The van der Waals surface area contributed by atoms with Gasteiger partial charge in [-0.05, 0) is 49.6 Å². The van der Waals surface area contributed by atoms with Crippen molar-refractivity contribution in [3.8, 4) is 5.75 Å². The monoisotopic (exact) mass is 342 g/mol. The average molecular weight is 342 g/mol. The summed E-state index contributed by atoms with van der Waals surface area (Å²) >= 11 is 0. The summed E-state index contributed by atoms with van der Waals surface area (Å²) in [5.74, 6) is 1.06. The third-order valence-corrected chi connectivity index (χ3v) is 4.49. The van der Waals surface area contributed by atoms with Crippen LogP contribution in [0.25, 0.3) is 0 Å². The molecule has 25 heavy (non-hydrogen) atoms. The van der Waals surface area contributed by atoms with Crippen molar-refractivity contribution < 1.29 is 18.7 Å². The van der Waals surface area contributed by atoms with Gasteiger partial charge >= 0.3 is 0 Å². The molecule has 0 radical (unpaired) electrons. The Morgan fingerprint density at radius 2 is 2.20 bits per heavy atom. The summed E-state index contributed by atoms with van der Waals surface area (Å²) in [6, 6.07) is 8.49. The van der Waals surface area contributed by atoms with Crippen LogP contribution in [-0.4, -0.2) is 36.4 Å². The van der Waals surface area contributed by atoms with Crippen molar-refractivity contribution in [3.63, 3.8) is 0 Å². The zero-order valence-electron chi connectivity index (χ0n) is 14.5. The maximum atomic E-state index is 12.8. The Balaban J connectivity index is 1.70. The molecule has 0 aliphatic carbocycles. The number of likely N-dealkylation sites (tertiary alicyclic amines) is 1. The highest BCUT2D eigenvalue weighted by Crippen LogP contribution is 2.24. The number of nitrogens with zero attached hydrogens (tertiary/aromatic N) is 1. The van der Waals surface area contributed by atoms with Gasteiger partial charge in [0.2, 0.25) is 5.91 Å². The van der Waals surface area contributed by atoms with Gasteiger partial charge in [-0.3, -0.25) is 9.59 Å². The Hall–Kier alpha value is -2.76. The summed E-state index contributed by atoms with van der Waals surface area (Å²) < 4.78 is 10.5. The molecule has 1 fully saturated rings. The van der Waals surface area contributed by atoms with Gasteiger partial charge in [-0.2, -0.15) is 0 Å². The number of hydrogen-bond donors (Lipinski definition) is 1. The number of benzene rings is 1. The summed E-state index contributed by atoms with van der Waals surface area (Å²) in [7, 11) is 1.58. The van der Waals surface area contributed by atoms with Gasteiger partial charge in [0.25, 0.3) is 5.91 Å². The van der Waals surface area contributed by atoms with Gasteiger partial charge in [0.1, 0.15) is 17.6 Å². The molecule has 6 heteroatoms. The van der Waals surface area contributed by atoms with E-state index >= 15 is 0 Å². The van der Waals surface area contributed by atoms with E-state index < -0.39 is 6.04 Å². The molecule has 1 aromatic heterocycles. The predicted octanol–water partition coefficient (Wildman–Crippen LogP) is 2.52. The second kappa shape index (κ2) is 7.42. The minimum atomic E-state index is -0.449. The fraction of sp³-hybridized carbons (Fsp3) is 0.368. The number of furan rings is 1. The first-order chi connectivity index (χ1) is 12.1. The van der Waals surface area contributed by atoms with E-state index in [1.54, 1.807) is 42.5 Å². The first-order valence-electron chi connectivity index (χ1n) is 8.36. The topological polar surface area (TPSA) is 71.8 Å². The largest absolute Gasteiger partial charge is 0.496 e. The Morgan fingerprint density at radius 1 is 1.36 bits per heavy atom. The molecule has 1 N–H and O–H groups in total. The fourth-order valence-electron chi connectivity index (χ4n) is 3.11. The number of carbonyl (C=O) groups is 2. The van der Waals surface area contributed by atoms with Crippen LogP contribution in [0, 0.1) is 6.92 Å². The minimum Gasteiger partial charge on any atom is -0.496 e. The van der Waals surface area contributed by atoms with Crippen LogP contribution in [0.1, 0.15) is 34.5 Å². The molecule has 132 valence electrons. The molecule has 0 unspecified atom stereocenters. The highest BCUT2D eigenvalue weighted by atomic mass is 16.5. The van der Waals surface area contributed by atoms with Crippen LogP contribution < -0.4 is 10.1 Å². The van der Waals surface area contributed by atoms with E-state index in [1.165, 1.54) is 0 Å². The van der Waals surface area contributed by atoms with Crippen LogP contribution in [0.15, 0.2) is 41.0 Å². The lowest BCUT2D eigenvalue weighted by Gasteiger charge is -2.24. The van der Waals surface area contributed by atoms with Gasteiger partial charge in [0.15, 0.2) is 0 Å². The molecule has 2 aromatic rings. The number of aryl methyl sites for hydroxylation is 1. The number of rotatable bonds is 5. The maximum absolute atomic E-state index is 12.8. The number of nitrogens with one attached hydrogen (secondary N) is 1. The highest BCUT2D eigenvalue weighted by molar-refractivity contribution is 5.98. The number of ether oxygens (including phenoxy) is 1. The molecule has 3 rings (SSSR count). The van der Waals surface area contributed by atoms with Crippen molar-refractivity contribution in [3.05, 3.63) is 53.5 Å². The second-order valence-corrected chi connectivity index (χ2v) is 6.14. The third-order valence-electron chi connectivity index (χ3n) is 4.49. The lowest BCUT2D eigenvalue weighted by Crippen LogP contribution is -2.45. The molecule has 0 saturated carbocycles. The lowest BCUT2D eigenvalue weighted by atomic mass is 10.1. The zero-order valence-corrected chi connectivity index (χ0v) is 14.5. The Labute approximate surface area is 146 Å². The van der Waals surface area contributed by atoms with Gasteiger partial charge in [-0.1, -0.05) is 6.07 Å². The molecular weight excluding hydrogens is 320 g/mol. The van der Waals surface area contributed by atoms with Crippen molar-refractivity contribution in [2.24, 2.45) is 0 Å². The van der Waals surface area contributed by atoms with Crippen molar-refractivity contribution in [2.45, 2.75) is 32.4 Å². The zero-order chi connectivity index (χ0) is 17.8. The Morgan fingerprint density at radius 3 is 2.92 bits per heavy atom. The number of methoxy groups -OCH3 is 1. The molecule has 6 nitrogen and oxygen atoms in total. The standard InChI is InChI=1S/C19H22N2O4/c1-13-7-8-14(11-17(13)24-2)19(23)21-9-3-6-16(21)18(22)20-12-15-5-4-10-25-15/h4-5,7-8,10-11,16H,3,6,9,12H2,1-2H3,(H,20,22)/t16-/m1/s1. The van der Waals surface area contributed by atoms with E-state index in [4.69, 9.17) is 9.15 Å². The third kappa shape index (κ3) is 3.68. The normalized spacial score (nSPS) is 16.7. The number of hydrogen-bond acceptors (Lipinski definition) is 4. The van der Waals surface area contributed by atoms with Crippen LogP contribution in [0.2, 0.25) is 0 Å². The summed E-state index contributed by atoms with van der Waals surface area (Å²) in [4.78, 5) is 27.0. The quantitative estimate of drug-likeness (QED) is 0.906. The molecule has 1 saturated heterocycles. The van der Waals surface area contributed by atoms with Crippen molar-refractivity contribution in [2.75, 3.05) is 13.7 Å². The molecule has 0 bridgehead atoms. The van der Waals surface area contributed by atoms with E-state index in [-0.39, 0.29) is 11.8 Å².